The van der Waals surface area contributed by atoms with Crippen molar-refractivity contribution in [2.24, 2.45) is 34.0 Å². The van der Waals surface area contributed by atoms with Gasteiger partial charge in [-0.15, -0.1) is 0 Å². The van der Waals surface area contributed by atoms with E-state index in [4.69, 9.17) is 0 Å². The molecule has 4 rings (SSSR count). The van der Waals surface area contributed by atoms with Gasteiger partial charge in [0.2, 0.25) is 0 Å². The molecule has 3 saturated carbocycles. The van der Waals surface area contributed by atoms with Crippen LogP contribution in [0.5, 0.6) is 0 Å². The predicted molar refractivity (Wildman–Crippen MR) is 105 cm³/mol. The Morgan fingerprint density at radius 1 is 1.00 bits per heavy atom. The molecule has 7 atom stereocenters. The smallest absolute Gasteiger partial charge is 0.159 e. The number of carbonyl (C=O) groups is 1. The van der Waals surface area contributed by atoms with Gasteiger partial charge in [0.05, 0.1) is 25.4 Å². The molecular formula is C23H36O5. The summed E-state index contributed by atoms with van der Waals surface area (Å²) in [4.78, 5) is 13.3. The zero-order chi connectivity index (χ0) is 20.3. The van der Waals surface area contributed by atoms with Crippen molar-refractivity contribution in [3.63, 3.8) is 0 Å². The van der Waals surface area contributed by atoms with E-state index in [1.807, 2.05) is 6.08 Å². The zero-order valence-electron chi connectivity index (χ0n) is 17.2. The average Bonchev–Trinajstić information content (AvgIpc) is 3.01. The Bertz CT molecular complexity index is 662. The number of hydrogen-bond donors (Lipinski definition) is 4. The molecule has 0 radical (unpaired) electrons. The molecule has 5 heteroatoms. The number of rotatable bonds is 4. The molecular weight excluding hydrogens is 356 g/mol. The van der Waals surface area contributed by atoms with E-state index in [0.29, 0.717) is 12.3 Å². The van der Waals surface area contributed by atoms with Gasteiger partial charge in [0.1, 0.15) is 0 Å². The molecule has 0 spiro atoms. The molecule has 0 bridgehead atoms. The lowest BCUT2D eigenvalue weighted by Gasteiger charge is -2.60. The Morgan fingerprint density at radius 2 is 1.64 bits per heavy atom. The number of ketones is 1. The monoisotopic (exact) mass is 392 g/mol. The van der Waals surface area contributed by atoms with Crippen LogP contribution >= 0.6 is 0 Å². The number of aliphatic hydroxyl groups excluding tert-OH is 4. The standard InChI is InChI=1S/C23H36O5/c1-21-8-4-3-5-14(21)11-17(26)20-15(21)6-9-22(2)16(20)7-10-23(22,18(27)12-24)19(28)13-25/h11,15-16,18-20,24-25,27-28H,3-10,12-13H2,1-2H3/t15-,16+,18?,19?,20-,21+,22+,23?/m1/s1. The lowest BCUT2D eigenvalue weighted by molar-refractivity contribution is -0.186. The van der Waals surface area contributed by atoms with Crippen LogP contribution in [0.25, 0.3) is 0 Å². The minimum Gasteiger partial charge on any atom is -0.394 e. The third kappa shape index (κ3) is 2.43. The first-order valence-electron chi connectivity index (χ1n) is 11.1. The summed E-state index contributed by atoms with van der Waals surface area (Å²) < 4.78 is 0. The van der Waals surface area contributed by atoms with E-state index in [-0.39, 0.29) is 23.0 Å². The molecule has 0 heterocycles. The topological polar surface area (TPSA) is 98.0 Å². The van der Waals surface area contributed by atoms with Gasteiger partial charge in [-0.3, -0.25) is 4.79 Å². The van der Waals surface area contributed by atoms with E-state index in [1.165, 1.54) is 18.4 Å². The molecule has 2 unspecified atom stereocenters. The molecule has 5 nitrogen and oxygen atoms in total. The van der Waals surface area contributed by atoms with Crippen molar-refractivity contribution in [1.82, 2.24) is 0 Å². The van der Waals surface area contributed by atoms with Crippen LogP contribution in [-0.4, -0.2) is 51.6 Å². The van der Waals surface area contributed by atoms with Gasteiger partial charge in [-0.05, 0) is 73.7 Å². The third-order valence-electron chi connectivity index (χ3n) is 9.72. The minimum atomic E-state index is -1.10. The number of hydrogen-bond acceptors (Lipinski definition) is 5. The van der Waals surface area contributed by atoms with Crippen LogP contribution in [0.3, 0.4) is 0 Å². The number of fused-ring (bicyclic) bond motifs is 5. The van der Waals surface area contributed by atoms with E-state index in [9.17, 15) is 25.2 Å². The summed E-state index contributed by atoms with van der Waals surface area (Å²) in [5, 5.41) is 41.1. The molecule has 0 amide bonds. The van der Waals surface area contributed by atoms with Gasteiger partial charge in [0.25, 0.3) is 0 Å². The molecule has 4 aliphatic rings. The molecule has 0 aliphatic heterocycles. The average molecular weight is 393 g/mol. The van der Waals surface area contributed by atoms with Crippen LogP contribution in [0.1, 0.15) is 65.2 Å². The van der Waals surface area contributed by atoms with Crippen LogP contribution in [0.15, 0.2) is 11.6 Å². The van der Waals surface area contributed by atoms with Gasteiger partial charge < -0.3 is 20.4 Å². The van der Waals surface area contributed by atoms with E-state index >= 15 is 0 Å². The first kappa shape index (κ1) is 20.5. The largest absolute Gasteiger partial charge is 0.394 e. The Kier molecular flexibility index (Phi) is 5.06. The Hall–Kier alpha value is -0.750. The minimum absolute atomic E-state index is 0.0673. The van der Waals surface area contributed by atoms with Crippen LogP contribution in [0, 0.1) is 34.0 Å². The molecule has 4 N–H and O–H groups in total. The highest BCUT2D eigenvalue weighted by Gasteiger charge is 2.68. The van der Waals surface area contributed by atoms with Crippen molar-refractivity contribution in [2.45, 2.75) is 77.4 Å². The summed E-state index contributed by atoms with van der Waals surface area (Å²) in [6, 6.07) is 0. The van der Waals surface area contributed by atoms with Gasteiger partial charge >= 0.3 is 0 Å². The van der Waals surface area contributed by atoms with Crippen LogP contribution < -0.4 is 0 Å². The quantitative estimate of drug-likeness (QED) is 0.588. The van der Waals surface area contributed by atoms with Crippen LogP contribution in [0.2, 0.25) is 0 Å². The van der Waals surface area contributed by atoms with E-state index in [1.54, 1.807) is 0 Å². The molecule has 0 aromatic heterocycles. The van der Waals surface area contributed by atoms with Crippen LogP contribution in [0.4, 0.5) is 0 Å². The fourth-order valence-corrected chi connectivity index (χ4v) is 8.19. The first-order valence-corrected chi connectivity index (χ1v) is 11.1. The van der Waals surface area contributed by atoms with Gasteiger partial charge in [-0.25, -0.2) is 0 Å². The lowest BCUT2D eigenvalue weighted by Crippen LogP contribution is -2.61. The molecule has 4 aliphatic carbocycles. The summed E-state index contributed by atoms with van der Waals surface area (Å²) in [5.41, 5.74) is -0.0215. The van der Waals surface area contributed by atoms with Crippen molar-refractivity contribution in [1.29, 1.82) is 0 Å². The Balaban J connectivity index is 1.77. The van der Waals surface area contributed by atoms with Gasteiger partial charge in [0.15, 0.2) is 5.78 Å². The highest BCUT2D eigenvalue weighted by atomic mass is 16.3. The summed E-state index contributed by atoms with van der Waals surface area (Å²) in [6.07, 6.45) is 7.26. The predicted octanol–water partition coefficient (Wildman–Crippen LogP) is 2.21. The second-order valence-electron chi connectivity index (χ2n) is 10.4. The van der Waals surface area contributed by atoms with Gasteiger partial charge in [-0.2, -0.15) is 0 Å². The lowest BCUT2D eigenvalue weighted by atomic mass is 9.44. The summed E-state index contributed by atoms with van der Waals surface area (Å²) in [6.45, 7) is 3.54. The zero-order valence-corrected chi connectivity index (χ0v) is 17.2. The van der Waals surface area contributed by atoms with Crippen molar-refractivity contribution in [3.05, 3.63) is 11.6 Å². The molecule has 0 aromatic carbocycles. The van der Waals surface area contributed by atoms with E-state index in [0.717, 1.165) is 32.1 Å². The normalized spacial score (nSPS) is 47.6. The van der Waals surface area contributed by atoms with Gasteiger partial charge in [0, 0.05) is 11.3 Å². The number of aliphatic hydroxyl groups is 4. The second-order valence-corrected chi connectivity index (χ2v) is 10.4. The van der Waals surface area contributed by atoms with E-state index in [2.05, 4.69) is 13.8 Å². The van der Waals surface area contributed by atoms with Crippen molar-refractivity contribution in [2.75, 3.05) is 13.2 Å². The fraction of sp³-hybridized carbons (Fsp3) is 0.870. The number of carbonyl (C=O) groups excluding carboxylic acids is 1. The Labute approximate surface area is 167 Å². The highest BCUT2D eigenvalue weighted by Crippen LogP contribution is 2.70. The first-order chi connectivity index (χ1) is 13.3. The molecule has 28 heavy (non-hydrogen) atoms. The van der Waals surface area contributed by atoms with Crippen molar-refractivity contribution in [3.8, 4) is 0 Å². The molecule has 0 saturated heterocycles. The maximum Gasteiger partial charge on any atom is 0.159 e. The Morgan fingerprint density at radius 3 is 2.29 bits per heavy atom. The van der Waals surface area contributed by atoms with Crippen molar-refractivity contribution < 1.29 is 25.2 Å². The van der Waals surface area contributed by atoms with Gasteiger partial charge in [-0.1, -0.05) is 25.8 Å². The molecule has 3 fully saturated rings. The van der Waals surface area contributed by atoms with E-state index < -0.39 is 36.3 Å². The second kappa shape index (κ2) is 6.90. The summed E-state index contributed by atoms with van der Waals surface area (Å²) in [7, 11) is 0. The van der Waals surface area contributed by atoms with Crippen LogP contribution in [-0.2, 0) is 4.79 Å². The third-order valence-corrected chi connectivity index (χ3v) is 9.72. The SMILES string of the molecule is C[C@]12CCCCC1=CC(=O)[C@@H]1[C@H]2CC[C@@]2(C)[C@H]1CCC2(C(O)CO)C(O)CO. The summed E-state index contributed by atoms with van der Waals surface area (Å²) >= 11 is 0. The molecule has 158 valence electrons. The molecule has 0 aromatic rings. The van der Waals surface area contributed by atoms with Crippen molar-refractivity contribution >= 4 is 5.78 Å². The maximum atomic E-state index is 13.3. The fourth-order valence-electron chi connectivity index (χ4n) is 8.19. The summed E-state index contributed by atoms with van der Waals surface area (Å²) in [5.74, 6) is 0.539. The highest BCUT2D eigenvalue weighted by molar-refractivity contribution is 5.94. The maximum absolute atomic E-state index is 13.3. The number of allylic oxidation sites excluding steroid dienone is 2.